The fraction of sp³-hybridized carbons (Fsp3) is 0.375. The quantitative estimate of drug-likeness (QED) is 0.329. The number of hydrogen-bond acceptors (Lipinski definition) is 7. The smallest absolute Gasteiger partial charge is 0.234 e. The van der Waals surface area contributed by atoms with Crippen molar-refractivity contribution in [1.29, 1.82) is 0 Å². The summed E-state index contributed by atoms with van der Waals surface area (Å²) in [4.78, 5) is 31.4. The molecular formula is C24H28N6O2S2. The van der Waals surface area contributed by atoms with E-state index in [0.717, 1.165) is 32.9 Å². The molecule has 10 heteroatoms. The van der Waals surface area contributed by atoms with Crippen LogP contribution in [-0.4, -0.2) is 37.1 Å². The second-order valence-electron chi connectivity index (χ2n) is 8.50. The Morgan fingerprint density at radius 2 is 1.88 bits per heavy atom. The molecule has 0 aliphatic rings. The normalized spacial score (nSPS) is 11.5. The molecule has 0 atom stereocenters. The molecule has 4 aromatic rings. The van der Waals surface area contributed by atoms with E-state index in [4.69, 9.17) is 4.98 Å². The minimum absolute atomic E-state index is 0.0443. The maximum absolute atomic E-state index is 12.7. The number of aryl methyl sites for hydroxylation is 3. The van der Waals surface area contributed by atoms with Crippen LogP contribution in [-0.2, 0) is 9.59 Å². The average Bonchev–Trinajstić information content (AvgIpc) is 3.33. The van der Waals surface area contributed by atoms with Crippen LogP contribution in [0.1, 0.15) is 54.9 Å². The second-order valence-corrected chi connectivity index (χ2v) is 10.6. The number of nitrogens with zero attached hydrogens (tertiary/aromatic N) is 4. The van der Waals surface area contributed by atoms with E-state index >= 15 is 0 Å². The monoisotopic (exact) mass is 496 g/mol. The predicted octanol–water partition coefficient (Wildman–Crippen LogP) is 5.47. The fourth-order valence-corrected chi connectivity index (χ4v) is 5.44. The lowest BCUT2D eigenvalue weighted by Crippen LogP contribution is -2.15. The van der Waals surface area contributed by atoms with Crippen LogP contribution in [0, 0.1) is 20.8 Å². The third-order valence-electron chi connectivity index (χ3n) is 5.62. The highest BCUT2D eigenvalue weighted by Crippen LogP contribution is 2.34. The Morgan fingerprint density at radius 3 is 2.56 bits per heavy atom. The first-order valence-corrected chi connectivity index (χ1v) is 13.0. The van der Waals surface area contributed by atoms with Crippen molar-refractivity contribution < 1.29 is 9.59 Å². The molecule has 1 aromatic carbocycles. The van der Waals surface area contributed by atoms with E-state index in [2.05, 4.69) is 48.5 Å². The first-order chi connectivity index (χ1) is 16.2. The van der Waals surface area contributed by atoms with Crippen molar-refractivity contribution in [2.75, 3.05) is 16.4 Å². The van der Waals surface area contributed by atoms with E-state index < -0.39 is 0 Å². The van der Waals surface area contributed by atoms with Gasteiger partial charge in [0.15, 0.2) is 10.8 Å². The zero-order valence-corrected chi connectivity index (χ0v) is 21.8. The minimum atomic E-state index is -0.144. The van der Waals surface area contributed by atoms with Gasteiger partial charge in [-0.2, -0.15) is 0 Å². The van der Waals surface area contributed by atoms with Gasteiger partial charge in [-0.25, -0.2) is 4.98 Å². The van der Waals surface area contributed by atoms with Gasteiger partial charge in [-0.15, -0.1) is 21.5 Å². The van der Waals surface area contributed by atoms with E-state index in [-0.39, 0.29) is 23.5 Å². The Kier molecular flexibility index (Phi) is 6.90. The Labute approximate surface area is 206 Å². The molecule has 8 nitrogen and oxygen atoms in total. The zero-order chi connectivity index (χ0) is 24.6. The van der Waals surface area contributed by atoms with Crippen LogP contribution < -0.4 is 10.6 Å². The summed E-state index contributed by atoms with van der Waals surface area (Å²) in [5.74, 6) is 1.06. The van der Waals surface area contributed by atoms with Crippen molar-refractivity contribution in [2.45, 2.75) is 59.0 Å². The number of thioether (sulfide) groups is 1. The predicted molar refractivity (Wildman–Crippen MR) is 139 cm³/mol. The van der Waals surface area contributed by atoms with Gasteiger partial charge in [-0.05, 0) is 50.1 Å². The zero-order valence-electron chi connectivity index (χ0n) is 20.1. The summed E-state index contributed by atoms with van der Waals surface area (Å²) in [5, 5.41) is 16.3. The molecule has 0 fully saturated rings. The molecule has 0 saturated carbocycles. The van der Waals surface area contributed by atoms with E-state index in [0.29, 0.717) is 17.3 Å². The summed E-state index contributed by atoms with van der Waals surface area (Å²) in [6, 6.07) is 5.43. The highest BCUT2D eigenvalue weighted by Gasteiger charge is 2.21. The Bertz CT molecular complexity index is 1410. The van der Waals surface area contributed by atoms with Gasteiger partial charge in [-0.1, -0.05) is 32.5 Å². The molecule has 0 unspecified atom stereocenters. The van der Waals surface area contributed by atoms with Gasteiger partial charge in [0.1, 0.15) is 10.7 Å². The molecule has 0 aliphatic carbocycles. The number of carbonyl (C=O) groups excluding carboxylic acids is 2. The summed E-state index contributed by atoms with van der Waals surface area (Å²) in [5.41, 5.74) is 4.27. The number of hydrogen-bond donors (Lipinski definition) is 2. The number of aromatic nitrogens is 4. The highest BCUT2D eigenvalue weighted by molar-refractivity contribution is 7.99. The van der Waals surface area contributed by atoms with Crippen molar-refractivity contribution in [3.63, 3.8) is 0 Å². The number of rotatable bonds is 7. The molecular weight excluding hydrogens is 468 g/mol. The Hall–Kier alpha value is -2.98. The molecule has 3 heterocycles. The lowest BCUT2D eigenvalue weighted by molar-refractivity contribution is -0.116. The van der Waals surface area contributed by atoms with E-state index in [1.165, 1.54) is 22.2 Å². The number of nitrogens with one attached hydrogen (secondary N) is 2. The van der Waals surface area contributed by atoms with Crippen LogP contribution in [0.5, 0.6) is 0 Å². The lowest BCUT2D eigenvalue weighted by atomic mass is 10.1. The van der Waals surface area contributed by atoms with E-state index in [1.54, 1.807) is 30.4 Å². The van der Waals surface area contributed by atoms with Crippen LogP contribution in [0.4, 0.5) is 11.4 Å². The molecule has 0 aliphatic heterocycles. The molecule has 178 valence electrons. The van der Waals surface area contributed by atoms with E-state index in [1.807, 2.05) is 17.4 Å². The number of carbonyl (C=O) groups is 2. The van der Waals surface area contributed by atoms with Gasteiger partial charge >= 0.3 is 0 Å². The minimum Gasteiger partial charge on any atom is -0.326 e. The first kappa shape index (κ1) is 24.2. The molecule has 2 amide bonds. The topological polar surface area (TPSA) is 101 Å². The largest absolute Gasteiger partial charge is 0.326 e. The van der Waals surface area contributed by atoms with Gasteiger partial charge < -0.3 is 10.6 Å². The average molecular weight is 497 g/mol. The summed E-state index contributed by atoms with van der Waals surface area (Å²) in [6.45, 7) is 12.1. The summed E-state index contributed by atoms with van der Waals surface area (Å²) >= 11 is 3.01. The highest BCUT2D eigenvalue weighted by atomic mass is 32.2. The van der Waals surface area contributed by atoms with Crippen molar-refractivity contribution in [1.82, 2.24) is 19.6 Å². The van der Waals surface area contributed by atoms with Gasteiger partial charge in [0.05, 0.1) is 11.1 Å². The Balaban J connectivity index is 1.53. The molecule has 2 N–H and O–H groups in total. The van der Waals surface area contributed by atoms with E-state index in [9.17, 15) is 9.59 Å². The number of anilines is 2. The van der Waals surface area contributed by atoms with Crippen LogP contribution in [0.25, 0.3) is 15.9 Å². The molecule has 3 aromatic heterocycles. The molecule has 0 saturated heterocycles. The molecule has 4 rings (SSSR count). The third kappa shape index (κ3) is 4.65. The second kappa shape index (κ2) is 9.71. The lowest BCUT2D eigenvalue weighted by Gasteiger charge is -2.11. The fourth-order valence-electron chi connectivity index (χ4n) is 3.67. The van der Waals surface area contributed by atoms with Gasteiger partial charge in [0.25, 0.3) is 0 Å². The number of fused-ring (bicyclic) bond motifs is 3. The summed E-state index contributed by atoms with van der Waals surface area (Å²) in [6.07, 6.45) is 0.414. The number of amides is 2. The number of benzene rings is 1. The maximum atomic E-state index is 12.7. The molecule has 0 radical (unpaired) electrons. The molecule has 0 spiro atoms. The number of thiophene rings is 1. The Morgan fingerprint density at radius 1 is 1.12 bits per heavy atom. The molecule has 34 heavy (non-hydrogen) atoms. The van der Waals surface area contributed by atoms with Gasteiger partial charge in [-0.3, -0.25) is 14.0 Å². The van der Waals surface area contributed by atoms with Crippen molar-refractivity contribution in [2.24, 2.45) is 0 Å². The standard InChI is InChI=1S/C24H28N6O2S2/c1-7-18(31)26-17-9-8-16(10-13(17)4)25-19(32)11-33-24-29-28-22-20-14(5)15(6)34-23(20)27-21(12(2)3)30(22)24/h8-10,12H,7,11H2,1-6H3,(H,25,32)(H,26,31). The van der Waals surface area contributed by atoms with Crippen LogP contribution in [0.3, 0.4) is 0 Å². The maximum Gasteiger partial charge on any atom is 0.234 e. The van der Waals surface area contributed by atoms with Crippen molar-refractivity contribution in [3.8, 4) is 0 Å². The van der Waals surface area contributed by atoms with Crippen LogP contribution in [0.15, 0.2) is 23.4 Å². The van der Waals surface area contributed by atoms with Gasteiger partial charge in [0.2, 0.25) is 11.8 Å². The molecule has 0 bridgehead atoms. The van der Waals surface area contributed by atoms with Crippen LogP contribution >= 0.6 is 23.1 Å². The first-order valence-electron chi connectivity index (χ1n) is 11.2. The van der Waals surface area contributed by atoms with Crippen molar-refractivity contribution in [3.05, 3.63) is 40.0 Å². The SMILES string of the molecule is CCC(=O)Nc1ccc(NC(=O)CSc2nnc3c4c(C)c(C)sc4nc(C(C)C)n23)cc1C. The van der Waals surface area contributed by atoms with Crippen molar-refractivity contribution >= 4 is 62.2 Å². The van der Waals surface area contributed by atoms with Crippen LogP contribution in [0.2, 0.25) is 0 Å². The van der Waals surface area contributed by atoms with Gasteiger partial charge in [0, 0.05) is 28.6 Å². The summed E-state index contributed by atoms with van der Waals surface area (Å²) in [7, 11) is 0. The third-order valence-corrected chi connectivity index (χ3v) is 7.65. The summed E-state index contributed by atoms with van der Waals surface area (Å²) < 4.78 is 1.99.